The lowest BCUT2D eigenvalue weighted by Gasteiger charge is -2.11. The molecule has 1 heterocycles. The van der Waals surface area contributed by atoms with Crippen molar-refractivity contribution in [2.75, 3.05) is 24.7 Å². The van der Waals surface area contributed by atoms with E-state index in [2.05, 4.69) is 20.8 Å². The summed E-state index contributed by atoms with van der Waals surface area (Å²) in [5, 5.41) is 13.5. The summed E-state index contributed by atoms with van der Waals surface area (Å²) >= 11 is 1.19. The van der Waals surface area contributed by atoms with Gasteiger partial charge in [-0.15, -0.1) is 10.2 Å². The highest BCUT2D eigenvalue weighted by Gasteiger charge is 2.19. The van der Waals surface area contributed by atoms with Gasteiger partial charge in [0.15, 0.2) is 0 Å². The molecule has 2 rings (SSSR count). The molecule has 0 aliphatic heterocycles. The van der Waals surface area contributed by atoms with Gasteiger partial charge in [-0.2, -0.15) is 0 Å². The molecule has 0 fully saturated rings. The Morgan fingerprint density at radius 2 is 1.62 bits per heavy atom. The van der Waals surface area contributed by atoms with E-state index in [9.17, 15) is 18.0 Å². The molecular weight excluding hydrogens is 378 g/mol. The van der Waals surface area contributed by atoms with Gasteiger partial charge in [-0.3, -0.25) is 14.9 Å². The molecular formula is C15H19N5O4S2. The predicted molar refractivity (Wildman–Crippen MR) is 98.6 cm³/mol. The Bertz CT molecular complexity index is 904. The van der Waals surface area contributed by atoms with Crippen LogP contribution in [0.5, 0.6) is 0 Å². The Kier molecular flexibility index (Phi) is 6.05. The van der Waals surface area contributed by atoms with Gasteiger partial charge in [-0.25, -0.2) is 12.7 Å². The molecule has 0 atom stereocenters. The van der Waals surface area contributed by atoms with Crippen LogP contribution >= 0.6 is 11.3 Å². The molecule has 1 aromatic heterocycles. The fourth-order valence-electron chi connectivity index (χ4n) is 1.78. The maximum Gasteiger partial charge on any atom is 0.315 e. The molecule has 0 aliphatic rings. The average molecular weight is 397 g/mol. The van der Waals surface area contributed by atoms with E-state index in [1.807, 2.05) is 13.8 Å². The number of carbonyl (C=O) groups excluding carboxylic acids is 2. The van der Waals surface area contributed by atoms with E-state index in [1.165, 1.54) is 49.7 Å². The van der Waals surface area contributed by atoms with E-state index in [0.717, 1.165) is 9.31 Å². The van der Waals surface area contributed by atoms with Crippen LogP contribution in [-0.2, 0) is 19.6 Å². The number of nitrogens with zero attached hydrogens (tertiary/aromatic N) is 3. The molecule has 0 bridgehead atoms. The summed E-state index contributed by atoms with van der Waals surface area (Å²) in [4.78, 5) is 24.0. The number of hydrogen-bond acceptors (Lipinski definition) is 7. The van der Waals surface area contributed by atoms with Crippen LogP contribution in [-0.4, -0.2) is 48.8 Å². The van der Waals surface area contributed by atoms with Crippen molar-refractivity contribution in [1.82, 2.24) is 14.5 Å². The van der Waals surface area contributed by atoms with Crippen molar-refractivity contribution in [3.05, 3.63) is 29.3 Å². The standard InChI is InChI=1S/C15H19N5O4S2/c1-9(2)14-18-19-15(25-14)17-13(22)12(21)16-10-5-7-11(8-6-10)26(23,24)20(3)4/h5-9H,1-4H3,(H,16,21)(H,17,19,22). The number of benzene rings is 1. The number of aromatic nitrogens is 2. The SMILES string of the molecule is CC(C)c1nnc(NC(=O)C(=O)Nc2ccc(S(=O)(=O)N(C)C)cc2)s1. The Balaban J connectivity index is 2.01. The van der Waals surface area contributed by atoms with Crippen molar-refractivity contribution >= 4 is 44.0 Å². The molecule has 2 N–H and O–H groups in total. The molecule has 0 aliphatic carbocycles. The number of hydrogen-bond donors (Lipinski definition) is 2. The third kappa shape index (κ3) is 4.62. The van der Waals surface area contributed by atoms with Crippen LogP contribution in [0.15, 0.2) is 29.2 Å². The van der Waals surface area contributed by atoms with Gasteiger partial charge in [0.25, 0.3) is 0 Å². The van der Waals surface area contributed by atoms with E-state index in [-0.39, 0.29) is 15.9 Å². The molecule has 0 saturated carbocycles. The third-order valence-electron chi connectivity index (χ3n) is 3.25. The normalized spacial score (nSPS) is 11.6. The molecule has 1 aromatic carbocycles. The molecule has 0 radical (unpaired) electrons. The summed E-state index contributed by atoms with van der Waals surface area (Å²) in [5.74, 6) is -1.61. The summed E-state index contributed by atoms with van der Waals surface area (Å²) in [6.45, 7) is 3.89. The Morgan fingerprint density at radius 3 is 2.12 bits per heavy atom. The number of nitrogens with one attached hydrogen (secondary N) is 2. The fourth-order valence-corrected chi connectivity index (χ4v) is 3.42. The maximum atomic E-state index is 12.0. The second-order valence-electron chi connectivity index (χ2n) is 5.82. The van der Waals surface area contributed by atoms with Gasteiger partial charge in [0.05, 0.1) is 4.90 Å². The van der Waals surface area contributed by atoms with Crippen LogP contribution in [0, 0.1) is 0 Å². The van der Waals surface area contributed by atoms with Crippen molar-refractivity contribution < 1.29 is 18.0 Å². The molecule has 2 aromatic rings. The second kappa shape index (κ2) is 7.89. The van der Waals surface area contributed by atoms with Gasteiger partial charge in [0.2, 0.25) is 15.2 Å². The average Bonchev–Trinajstić information content (AvgIpc) is 3.04. The number of rotatable bonds is 5. The minimum Gasteiger partial charge on any atom is -0.318 e. The quantitative estimate of drug-likeness (QED) is 0.737. The zero-order chi connectivity index (χ0) is 19.5. The Morgan fingerprint density at radius 1 is 1.04 bits per heavy atom. The van der Waals surface area contributed by atoms with E-state index >= 15 is 0 Å². The first-order valence-electron chi connectivity index (χ1n) is 7.59. The first kappa shape index (κ1) is 19.9. The van der Waals surface area contributed by atoms with Crippen molar-refractivity contribution in [3.63, 3.8) is 0 Å². The zero-order valence-corrected chi connectivity index (χ0v) is 16.3. The third-order valence-corrected chi connectivity index (χ3v) is 6.22. The number of anilines is 2. The lowest BCUT2D eigenvalue weighted by Crippen LogP contribution is -2.29. The highest BCUT2D eigenvalue weighted by atomic mass is 32.2. The molecule has 26 heavy (non-hydrogen) atoms. The molecule has 2 amide bonds. The van der Waals surface area contributed by atoms with Crippen LogP contribution in [0.2, 0.25) is 0 Å². The van der Waals surface area contributed by atoms with Crippen LogP contribution in [0.25, 0.3) is 0 Å². The second-order valence-corrected chi connectivity index (χ2v) is 8.98. The lowest BCUT2D eigenvalue weighted by molar-refractivity contribution is -0.133. The predicted octanol–water partition coefficient (Wildman–Crippen LogP) is 1.49. The smallest absolute Gasteiger partial charge is 0.315 e. The summed E-state index contributed by atoms with van der Waals surface area (Å²) in [5.41, 5.74) is 0.294. The molecule has 11 heteroatoms. The van der Waals surface area contributed by atoms with E-state index in [1.54, 1.807) is 0 Å². The van der Waals surface area contributed by atoms with Gasteiger partial charge < -0.3 is 5.32 Å². The van der Waals surface area contributed by atoms with Crippen molar-refractivity contribution in [1.29, 1.82) is 0 Å². The van der Waals surface area contributed by atoms with Gasteiger partial charge in [0, 0.05) is 25.7 Å². The summed E-state index contributed by atoms with van der Waals surface area (Å²) < 4.78 is 25.1. The number of carbonyl (C=O) groups is 2. The Labute approximate surface area is 155 Å². The molecule has 9 nitrogen and oxygen atoms in total. The minimum atomic E-state index is -3.56. The van der Waals surface area contributed by atoms with E-state index in [4.69, 9.17) is 0 Å². The molecule has 0 saturated heterocycles. The van der Waals surface area contributed by atoms with Gasteiger partial charge in [-0.1, -0.05) is 25.2 Å². The van der Waals surface area contributed by atoms with Gasteiger partial charge in [-0.05, 0) is 24.3 Å². The highest BCUT2D eigenvalue weighted by Crippen LogP contribution is 2.22. The van der Waals surface area contributed by atoms with Crippen molar-refractivity contribution in [2.24, 2.45) is 0 Å². The summed E-state index contributed by atoms with van der Waals surface area (Å²) in [7, 11) is -0.708. The first-order chi connectivity index (χ1) is 12.1. The topological polar surface area (TPSA) is 121 Å². The van der Waals surface area contributed by atoms with E-state index in [0.29, 0.717) is 5.69 Å². The minimum absolute atomic E-state index is 0.0834. The monoisotopic (exact) mass is 397 g/mol. The summed E-state index contributed by atoms with van der Waals surface area (Å²) in [6, 6.07) is 5.51. The molecule has 0 spiro atoms. The fraction of sp³-hybridized carbons (Fsp3) is 0.333. The van der Waals surface area contributed by atoms with Gasteiger partial charge >= 0.3 is 11.8 Å². The van der Waals surface area contributed by atoms with Crippen LogP contribution < -0.4 is 10.6 Å². The van der Waals surface area contributed by atoms with Gasteiger partial charge in [0.1, 0.15) is 5.01 Å². The van der Waals surface area contributed by atoms with Crippen LogP contribution in [0.3, 0.4) is 0 Å². The maximum absolute atomic E-state index is 12.0. The van der Waals surface area contributed by atoms with E-state index < -0.39 is 21.8 Å². The molecule has 140 valence electrons. The molecule has 0 unspecified atom stereocenters. The number of sulfonamides is 1. The van der Waals surface area contributed by atoms with Crippen LogP contribution in [0.4, 0.5) is 10.8 Å². The summed E-state index contributed by atoms with van der Waals surface area (Å²) in [6.07, 6.45) is 0. The number of amides is 2. The van der Waals surface area contributed by atoms with Crippen molar-refractivity contribution in [3.8, 4) is 0 Å². The zero-order valence-electron chi connectivity index (χ0n) is 14.7. The lowest BCUT2D eigenvalue weighted by atomic mass is 10.2. The van der Waals surface area contributed by atoms with Crippen molar-refractivity contribution in [2.45, 2.75) is 24.7 Å². The Hall–Kier alpha value is -2.37. The van der Waals surface area contributed by atoms with Crippen LogP contribution in [0.1, 0.15) is 24.8 Å². The highest BCUT2D eigenvalue weighted by molar-refractivity contribution is 7.89. The first-order valence-corrected chi connectivity index (χ1v) is 9.85. The largest absolute Gasteiger partial charge is 0.318 e.